The summed E-state index contributed by atoms with van der Waals surface area (Å²) < 4.78 is 2.13. The van der Waals surface area contributed by atoms with Crippen molar-refractivity contribution < 1.29 is 4.79 Å². The summed E-state index contributed by atoms with van der Waals surface area (Å²) in [6, 6.07) is 0. The number of amides is 1. The van der Waals surface area contributed by atoms with E-state index in [1.165, 1.54) is 6.20 Å². The lowest BCUT2D eigenvalue weighted by atomic mass is 10.2. The first-order chi connectivity index (χ1) is 9.18. The minimum absolute atomic E-state index is 0.0940. The molecule has 1 amide bonds. The molecule has 102 valence electrons. The van der Waals surface area contributed by atoms with E-state index in [4.69, 9.17) is 0 Å². The van der Waals surface area contributed by atoms with Crippen LogP contribution in [-0.2, 0) is 6.54 Å². The van der Waals surface area contributed by atoms with Gasteiger partial charge >= 0.3 is 0 Å². The molecular formula is C13H19N5O. The first kappa shape index (κ1) is 13.3. The monoisotopic (exact) mass is 261 g/mol. The van der Waals surface area contributed by atoms with Crippen LogP contribution in [-0.4, -0.2) is 32.2 Å². The maximum Gasteiger partial charge on any atom is 0.254 e. The number of aromatic nitrogens is 4. The Morgan fingerprint density at radius 3 is 3.05 bits per heavy atom. The lowest BCUT2D eigenvalue weighted by molar-refractivity contribution is 0.0953. The molecule has 0 unspecified atom stereocenters. The van der Waals surface area contributed by atoms with Crippen molar-refractivity contribution in [3.8, 4) is 0 Å². The maximum atomic E-state index is 11.7. The van der Waals surface area contributed by atoms with Gasteiger partial charge in [-0.25, -0.2) is 4.98 Å². The van der Waals surface area contributed by atoms with Crippen molar-refractivity contribution in [2.24, 2.45) is 0 Å². The van der Waals surface area contributed by atoms with E-state index in [1.54, 1.807) is 6.20 Å². The summed E-state index contributed by atoms with van der Waals surface area (Å²) in [6.45, 7) is 5.75. The van der Waals surface area contributed by atoms with E-state index in [0.29, 0.717) is 18.0 Å². The van der Waals surface area contributed by atoms with Crippen LogP contribution >= 0.6 is 0 Å². The van der Waals surface area contributed by atoms with Crippen LogP contribution in [0.25, 0.3) is 0 Å². The highest BCUT2D eigenvalue weighted by Crippen LogP contribution is 2.11. The summed E-state index contributed by atoms with van der Waals surface area (Å²) in [5.74, 6) is 1.40. The molecule has 0 fully saturated rings. The van der Waals surface area contributed by atoms with Crippen LogP contribution in [0, 0.1) is 0 Å². The van der Waals surface area contributed by atoms with E-state index in [0.717, 1.165) is 18.8 Å². The van der Waals surface area contributed by atoms with Gasteiger partial charge in [-0.3, -0.25) is 9.89 Å². The second-order valence-corrected chi connectivity index (χ2v) is 4.73. The van der Waals surface area contributed by atoms with E-state index >= 15 is 0 Å². The van der Waals surface area contributed by atoms with Gasteiger partial charge in [0.15, 0.2) is 0 Å². The van der Waals surface area contributed by atoms with Gasteiger partial charge in [0, 0.05) is 37.6 Å². The molecule has 0 radical (unpaired) electrons. The molecule has 19 heavy (non-hydrogen) atoms. The smallest absolute Gasteiger partial charge is 0.254 e. The van der Waals surface area contributed by atoms with Gasteiger partial charge in [-0.2, -0.15) is 5.10 Å². The van der Waals surface area contributed by atoms with E-state index < -0.39 is 0 Å². The molecule has 0 aliphatic rings. The molecular weight excluding hydrogens is 242 g/mol. The Kier molecular flexibility index (Phi) is 4.33. The summed E-state index contributed by atoms with van der Waals surface area (Å²) in [5, 5.41) is 9.23. The van der Waals surface area contributed by atoms with Crippen molar-refractivity contribution in [1.29, 1.82) is 0 Å². The topological polar surface area (TPSA) is 75.6 Å². The van der Waals surface area contributed by atoms with Crippen LogP contribution in [0.1, 0.15) is 42.4 Å². The summed E-state index contributed by atoms with van der Waals surface area (Å²) >= 11 is 0. The zero-order valence-electron chi connectivity index (χ0n) is 11.3. The van der Waals surface area contributed by atoms with Gasteiger partial charge in [0.05, 0.1) is 11.8 Å². The standard InChI is InChI=1S/C13H19N5O/c1-10(2)12-14-5-7-18(12)6-3-4-15-13(19)11-8-16-17-9-11/h5,7-10H,3-4,6H2,1-2H3,(H,15,19)(H,16,17). The highest BCUT2D eigenvalue weighted by atomic mass is 16.1. The van der Waals surface area contributed by atoms with Crippen LogP contribution in [0.3, 0.4) is 0 Å². The number of carbonyl (C=O) groups is 1. The Morgan fingerprint density at radius 1 is 1.53 bits per heavy atom. The zero-order valence-corrected chi connectivity index (χ0v) is 11.3. The largest absolute Gasteiger partial charge is 0.352 e. The average Bonchev–Trinajstić information content (AvgIpc) is 3.04. The van der Waals surface area contributed by atoms with Gasteiger partial charge < -0.3 is 9.88 Å². The molecule has 6 heteroatoms. The molecule has 0 atom stereocenters. The SMILES string of the molecule is CC(C)c1nccn1CCCNC(=O)c1cn[nH]c1. The number of H-pyrrole nitrogens is 1. The normalized spacial score (nSPS) is 10.9. The third-order valence-electron chi connectivity index (χ3n) is 2.89. The van der Waals surface area contributed by atoms with Crippen molar-refractivity contribution in [2.45, 2.75) is 32.7 Å². The third-order valence-corrected chi connectivity index (χ3v) is 2.89. The minimum atomic E-state index is -0.0940. The summed E-state index contributed by atoms with van der Waals surface area (Å²) in [5.41, 5.74) is 0.561. The van der Waals surface area contributed by atoms with Crippen molar-refractivity contribution in [1.82, 2.24) is 25.1 Å². The number of aromatic amines is 1. The molecule has 0 bridgehead atoms. The molecule has 0 aliphatic heterocycles. The number of rotatable bonds is 6. The number of imidazole rings is 1. The number of carbonyl (C=O) groups excluding carboxylic acids is 1. The average molecular weight is 261 g/mol. The fourth-order valence-corrected chi connectivity index (χ4v) is 1.94. The van der Waals surface area contributed by atoms with Gasteiger partial charge in [-0.1, -0.05) is 13.8 Å². The first-order valence-corrected chi connectivity index (χ1v) is 6.46. The Hall–Kier alpha value is -2.11. The molecule has 0 spiro atoms. The summed E-state index contributed by atoms with van der Waals surface area (Å²) in [6.07, 6.45) is 7.77. The van der Waals surface area contributed by atoms with E-state index in [9.17, 15) is 4.79 Å². The van der Waals surface area contributed by atoms with Crippen LogP contribution in [0.4, 0.5) is 0 Å². The molecule has 2 rings (SSSR count). The fourth-order valence-electron chi connectivity index (χ4n) is 1.94. The predicted octanol–water partition coefficient (Wildman–Crippen LogP) is 1.55. The molecule has 6 nitrogen and oxygen atoms in total. The maximum absolute atomic E-state index is 11.7. The van der Waals surface area contributed by atoms with Gasteiger partial charge in [0.25, 0.3) is 5.91 Å². The van der Waals surface area contributed by atoms with Gasteiger partial charge in [0.2, 0.25) is 0 Å². The Labute approximate surface area is 112 Å². The van der Waals surface area contributed by atoms with Crippen molar-refractivity contribution >= 4 is 5.91 Å². The summed E-state index contributed by atoms with van der Waals surface area (Å²) in [4.78, 5) is 16.0. The lowest BCUT2D eigenvalue weighted by Gasteiger charge is -2.10. The second kappa shape index (κ2) is 6.17. The Bertz CT molecular complexity index is 515. The van der Waals surface area contributed by atoms with Crippen LogP contribution in [0.15, 0.2) is 24.8 Å². The van der Waals surface area contributed by atoms with Gasteiger partial charge in [-0.15, -0.1) is 0 Å². The molecule has 2 aromatic rings. The number of hydrogen-bond donors (Lipinski definition) is 2. The van der Waals surface area contributed by atoms with E-state index in [-0.39, 0.29) is 5.91 Å². The first-order valence-electron chi connectivity index (χ1n) is 6.46. The van der Waals surface area contributed by atoms with Crippen molar-refractivity contribution in [3.63, 3.8) is 0 Å². The van der Waals surface area contributed by atoms with Crippen LogP contribution in [0.2, 0.25) is 0 Å². The highest BCUT2D eigenvalue weighted by Gasteiger charge is 2.07. The molecule has 0 aromatic carbocycles. The van der Waals surface area contributed by atoms with Crippen LogP contribution in [0.5, 0.6) is 0 Å². The minimum Gasteiger partial charge on any atom is -0.352 e. The molecule has 2 heterocycles. The lowest BCUT2D eigenvalue weighted by Crippen LogP contribution is -2.25. The number of nitrogens with zero attached hydrogens (tertiary/aromatic N) is 3. The Morgan fingerprint density at radius 2 is 2.37 bits per heavy atom. The zero-order chi connectivity index (χ0) is 13.7. The van der Waals surface area contributed by atoms with E-state index in [1.807, 2.05) is 12.4 Å². The number of nitrogens with one attached hydrogen (secondary N) is 2. The fraction of sp³-hybridized carbons (Fsp3) is 0.462. The van der Waals surface area contributed by atoms with Gasteiger partial charge in [0.1, 0.15) is 5.82 Å². The van der Waals surface area contributed by atoms with Crippen molar-refractivity contribution in [3.05, 3.63) is 36.2 Å². The number of aryl methyl sites for hydroxylation is 1. The molecule has 2 aromatic heterocycles. The molecule has 0 aliphatic carbocycles. The second-order valence-electron chi connectivity index (χ2n) is 4.73. The predicted molar refractivity (Wildman–Crippen MR) is 71.9 cm³/mol. The highest BCUT2D eigenvalue weighted by molar-refractivity contribution is 5.93. The van der Waals surface area contributed by atoms with Gasteiger partial charge in [-0.05, 0) is 6.42 Å². The van der Waals surface area contributed by atoms with Crippen LogP contribution < -0.4 is 5.32 Å². The Balaban J connectivity index is 1.75. The third kappa shape index (κ3) is 3.43. The number of hydrogen-bond acceptors (Lipinski definition) is 3. The molecule has 0 saturated carbocycles. The molecule has 2 N–H and O–H groups in total. The molecule has 0 saturated heterocycles. The van der Waals surface area contributed by atoms with Crippen molar-refractivity contribution in [2.75, 3.05) is 6.54 Å². The summed E-state index contributed by atoms with van der Waals surface area (Å²) in [7, 11) is 0. The van der Waals surface area contributed by atoms with E-state index in [2.05, 4.69) is 38.9 Å². The quantitative estimate of drug-likeness (QED) is 0.775.